The highest BCUT2D eigenvalue weighted by atomic mass is 16.5. The maximum Gasteiger partial charge on any atom is 0.253 e. The average molecular weight is 332 g/mol. The second kappa shape index (κ2) is 6.43. The lowest BCUT2D eigenvalue weighted by Crippen LogP contribution is -2.44. The molecule has 1 saturated heterocycles. The van der Waals surface area contributed by atoms with Crippen LogP contribution in [0.1, 0.15) is 33.6 Å². The van der Waals surface area contributed by atoms with Gasteiger partial charge < -0.3 is 19.7 Å². The first-order valence-electron chi connectivity index (χ1n) is 8.37. The number of nitrogens with zero attached hydrogens (tertiary/aromatic N) is 1. The minimum Gasteiger partial charge on any atom is -0.490 e. The van der Waals surface area contributed by atoms with Crippen molar-refractivity contribution in [2.24, 2.45) is 5.41 Å². The van der Waals surface area contributed by atoms with Crippen LogP contribution in [0.3, 0.4) is 0 Å². The van der Waals surface area contributed by atoms with E-state index in [0.29, 0.717) is 36.9 Å². The van der Waals surface area contributed by atoms with Crippen molar-refractivity contribution in [2.45, 2.75) is 39.7 Å². The molecule has 1 aromatic rings. The molecule has 1 atom stereocenters. The molecule has 1 fully saturated rings. The zero-order chi connectivity index (χ0) is 17.3. The fraction of sp³-hybridized carbons (Fsp3) is 0.556. The van der Waals surface area contributed by atoms with Gasteiger partial charge in [-0.2, -0.15) is 0 Å². The van der Waals surface area contributed by atoms with Crippen LogP contribution in [0.5, 0.6) is 5.75 Å². The molecule has 0 unspecified atom stereocenters. The molecule has 0 bridgehead atoms. The number of ether oxygens (including phenoxy) is 2. The molecule has 0 spiro atoms. The van der Waals surface area contributed by atoms with Crippen LogP contribution in [-0.4, -0.2) is 37.7 Å². The Labute approximate surface area is 142 Å². The van der Waals surface area contributed by atoms with E-state index in [1.165, 1.54) is 0 Å². The summed E-state index contributed by atoms with van der Waals surface area (Å²) in [5, 5.41) is 2.87. The fourth-order valence-electron chi connectivity index (χ4n) is 2.92. The normalized spacial score (nSPS) is 20.3. The van der Waals surface area contributed by atoms with Crippen molar-refractivity contribution in [3.63, 3.8) is 0 Å². The van der Waals surface area contributed by atoms with E-state index in [-0.39, 0.29) is 17.9 Å². The van der Waals surface area contributed by atoms with E-state index in [1.807, 2.05) is 20.8 Å². The summed E-state index contributed by atoms with van der Waals surface area (Å²) in [6.07, 6.45) is 1.27. The number of benzene rings is 1. The molecule has 2 aliphatic heterocycles. The van der Waals surface area contributed by atoms with E-state index < -0.39 is 5.41 Å². The highest BCUT2D eigenvalue weighted by Gasteiger charge is 2.32. The van der Waals surface area contributed by atoms with E-state index >= 15 is 0 Å². The van der Waals surface area contributed by atoms with Gasteiger partial charge in [-0.15, -0.1) is 0 Å². The van der Waals surface area contributed by atoms with Crippen molar-refractivity contribution in [2.75, 3.05) is 30.0 Å². The summed E-state index contributed by atoms with van der Waals surface area (Å²) in [5.74, 6) is 0.557. The number of carbonyl (C=O) groups is 2. The van der Waals surface area contributed by atoms with E-state index in [9.17, 15) is 9.59 Å². The summed E-state index contributed by atoms with van der Waals surface area (Å²) in [6, 6.07) is 5.38. The monoisotopic (exact) mass is 332 g/mol. The number of hydrogen-bond donors (Lipinski definition) is 1. The van der Waals surface area contributed by atoms with Gasteiger partial charge in [0.25, 0.3) is 5.91 Å². The van der Waals surface area contributed by atoms with Crippen LogP contribution < -0.4 is 15.0 Å². The summed E-state index contributed by atoms with van der Waals surface area (Å²) in [5.41, 5.74) is 0.865. The van der Waals surface area contributed by atoms with Crippen molar-refractivity contribution >= 4 is 23.2 Å². The maximum atomic E-state index is 12.7. The molecule has 0 radical (unpaired) electrons. The number of amides is 2. The molecule has 6 nitrogen and oxygen atoms in total. The zero-order valence-corrected chi connectivity index (χ0v) is 14.4. The molecular weight excluding hydrogens is 308 g/mol. The zero-order valence-electron chi connectivity index (χ0n) is 14.4. The Kier molecular flexibility index (Phi) is 4.49. The molecule has 2 aliphatic rings. The van der Waals surface area contributed by atoms with Crippen LogP contribution in [0.4, 0.5) is 11.4 Å². The Hall–Kier alpha value is -2.08. The van der Waals surface area contributed by atoms with Crippen LogP contribution in [0.2, 0.25) is 0 Å². The third-order valence-electron chi connectivity index (χ3n) is 4.20. The SMILES string of the molecule is CC(C)(C)C(=O)N1CCOc2ccc(NC(=O)[C@@H]3CCCO3)cc21. The van der Waals surface area contributed by atoms with E-state index in [0.717, 1.165) is 12.8 Å². The Balaban J connectivity index is 1.82. The van der Waals surface area contributed by atoms with Gasteiger partial charge in [0.2, 0.25) is 5.91 Å². The lowest BCUT2D eigenvalue weighted by atomic mass is 9.94. The lowest BCUT2D eigenvalue weighted by Gasteiger charge is -2.34. The molecule has 2 heterocycles. The van der Waals surface area contributed by atoms with Gasteiger partial charge >= 0.3 is 0 Å². The first-order valence-corrected chi connectivity index (χ1v) is 8.37. The minimum atomic E-state index is -0.481. The molecule has 0 saturated carbocycles. The highest BCUT2D eigenvalue weighted by Crippen LogP contribution is 2.36. The van der Waals surface area contributed by atoms with Gasteiger partial charge in [0.1, 0.15) is 18.5 Å². The predicted octanol–water partition coefficient (Wildman–Crippen LogP) is 2.58. The predicted molar refractivity (Wildman–Crippen MR) is 91.3 cm³/mol. The quantitative estimate of drug-likeness (QED) is 0.904. The summed E-state index contributed by atoms with van der Waals surface area (Å²) in [6.45, 7) is 7.29. The Morgan fingerprint density at radius 1 is 1.25 bits per heavy atom. The molecule has 3 rings (SSSR count). The van der Waals surface area contributed by atoms with Gasteiger partial charge in [-0.1, -0.05) is 20.8 Å². The molecule has 0 aromatic heterocycles. The number of anilines is 2. The van der Waals surface area contributed by atoms with E-state index in [4.69, 9.17) is 9.47 Å². The topological polar surface area (TPSA) is 67.9 Å². The van der Waals surface area contributed by atoms with Crippen LogP contribution >= 0.6 is 0 Å². The number of rotatable bonds is 2. The van der Waals surface area contributed by atoms with Gasteiger partial charge in [-0.25, -0.2) is 0 Å². The summed E-state index contributed by atoms with van der Waals surface area (Å²) in [4.78, 5) is 26.6. The molecule has 1 N–H and O–H groups in total. The van der Waals surface area contributed by atoms with Crippen LogP contribution in [0.15, 0.2) is 18.2 Å². The molecule has 1 aromatic carbocycles. The van der Waals surface area contributed by atoms with Crippen LogP contribution in [0.25, 0.3) is 0 Å². The molecule has 6 heteroatoms. The Morgan fingerprint density at radius 2 is 2.04 bits per heavy atom. The van der Waals surface area contributed by atoms with Gasteiger partial charge in [0.15, 0.2) is 0 Å². The van der Waals surface area contributed by atoms with Crippen molar-refractivity contribution < 1.29 is 19.1 Å². The van der Waals surface area contributed by atoms with Gasteiger partial charge in [0, 0.05) is 17.7 Å². The van der Waals surface area contributed by atoms with E-state index in [1.54, 1.807) is 23.1 Å². The standard InChI is InChI=1S/C18H24N2O4/c1-18(2,3)17(22)20-8-10-24-14-7-6-12(11-13(14)20)19-16(21)15-5-4-9-23-15/h6-7,11,15H,4-5,8-10H2,1-3H3,(H,19,21)/t15-/m0/s1. The summed E-state index contributed by atoms with van der Waals surface area (Å²) >= 11 is 0. The van der Waals surface area contributed by atoms with Crippen LogP contribution in [0, 0.1) is 5.41 Å². The number of nitrogens with one attached hydrogen (secondary N) is 1. The molecule has 130 valence electrons. The number of carbonyl (C=O) groups excluding carboxylic acids is 2. The average Bonchev–Trinajstić information content (AvgIpc) is 3.07. The van der Waals surface area contributed by atoms with Crippen molar-refractivity contribution in [3.05, 3.63) is 18.2 Å². The summed E-state index contributed by atoms with van der Waals surface area (Å²) < 4.78 is 11.0. The third-order valence-corrected chi connectivity index (χ3v) is 4.20. The van der Waals surface area contributed by atoms with Crippen molar-refractivity contribution in [1.29, 1.82) is 0 Å². The second-order valence-electron chi connectivity index (χ2n) is 7.23. The van der Waals surface area contributed by atoms with Crippen molar-refractivity contribution in [1.82, 2.24) is 0 Å². The molecule has 0 aliphatic carbocycles. The molecular formula is C18H24N2O4. The second-order valence-corrected chi connectivity index (χ2v) is 7.23. The van der Waals surface area contributed by atoms with Crippen LogP contribution in [-0.2, 0) is 14.3 Å². The smallest absolute Gasteiger partial charge is 0.253 e. The molecule has 2 amide bonds. The Bertz CT molecular complexity index is 645. The van der Waals surface area contributed by atoms with Gasteiger partial charge in [-0.05, 0) is 31.0 Å². The summed E-state index contributed by atoms with van der Waals surface area (Å²) in [7, 11) is 0. The van der Waals surface area contributed by atoms with Crippen molar-refractivity contribution in [3.8, 4) is 5.75 Å². The number of fused-ring (bicyclic) bond motifs is 1. The Morgan fingerprint density at radius 3 is 2.71 bits per heavy atom. The fourth-order valence-corrected chi connectivity index (χ4v) is 2.92. The largest absolute Gasteiger partial charge is 0.490 e. The first-order chi connectivity index (χ1) is 11.4. The minimum absolute atomic E-state index is 0.0367. The van der Waals surface area contributed by atoms with Gasteiger partial charge in [-0.3, -0.25) is 9.59 Å². The number of hydrogen-bond acceptors (Lipinski definition) is 4. The molecule has 24 heavy (non-hydrogen) atoms. The van der Waals surface area contributed by atoms with Gasteiger partial charge in [0.05, 0.1) is 12.2 Å². The highest BCUT2D eigenvalue weighted by molar-refractivity contribution is 6.00. The third kappa shape index (κ3) is 3.38. The maximum absolute atomic E-state index is 12.7. The van der Waals surface area contributed by atoms with E-state index in [2.05, 4.69) is 5.32 Å². The lowest BCUT2D eigenvalue weighted by molar-refractivity contribution is -0.126. The first kappa shape index (κ1) is 16.8.